The van der Waals surface area contributed by atoms with Gasteiger partial charge >= 0.3 is 0 Å². The molecule has 1 aliphatic carbocycles. The van der Waals surface area contributed by atoms with Crippen molar-refractivity contribution in [3.63, 3.8) is 0 Å². The van der Waals surface area contributed by atoms with Crippen LogP contribution in [0, 0.1) is 0 Å². The molecule has 0 radical (unpaired) electrons. The van der Waals surface area contributed by atoms with Crippen LogP contribution < -0.4 is 5.32 Å². The average Bonchev–Trinajstić information content (AvgIpc) is 2.69. The molecule has 0 spiro atoms. The van der Waals surface area contributed by atoms with Crippen LogP contribution in [0.25, 0.3) is 0 Å². The summed E-state index contributed by atoms with van der Waals surface area (Å²) in [5.74, 6) is 0. The molecule has 0 aliphatic heterocycles. The van der Waals surface area contributed by atoms with Gasteiger partial charge in [0.05, 0.1) is 23.6 Å². The molecule has 70 valence electrons. The van der Waals surface area contributed by atoms with E-state index in [0.29, 0.717) is 6.04 Å². The molecule has 1 heterocycles. The molecule has 1 aromatic rings. The normalized spacial score (nSPS) is 22.0. The van der Waals surface area contributed by atoms with Gasteiger partial charge in [-0.15, -0.1) is 0 Å². The van der Waals surface area contributed by atoms with Crippen molar-refractivity contribution in [2.45, 2.75) is 31.8 Å². The van der Waals surface area contributed by atoms with E-state index in [1.165, 1.54) is 24.6 Å². The van der Waals surface area contributed by atoms with Gasteiger partial charge in [0, 0.05) is 12.6 Å². The van der Waals surface area contributed by atoms with Crippen molar-refractivity contribution in [2.24, 2.45) is 0 Å². The summed E-state index contributed by atoms with van der Waals surface area (Å²) in [4.78, 5) is 0. The minimum atomic E-state index is 0.631. The number of allylic oxidation sites excluding steroid dienone is 1. The van der Waals surface area contributed by atoms with Gasteiger partial charge in [-0.25, -0.2) is 0 Å². The predicted molar refractivity (Wildman–Crippen MR) is 53.5 cm³/mol. The van der Waals surface area contributed by atoms with Crippen molar-refractivity contribution in [2.75, 3.05) is 0 Å². The zero-order chi connectivity index (χ0) is 8.93. The lowest BCUT2D eigenvalue weighted by molar-refractivity contribution is 0.472. The topological polar surface area (TPSA) is 37.8 Å². The minimum Gasteiger partial charge on any atom is -0.308 e. The number of nitrogens with zero attached hydrogens (tertiary/aromatic N) is 2. The van der Waals surface area contributed by atoms with Crippen LogP contribution in [-0.4, -0.2) is 14.8 Å². The third-order valence-corrected chi connectivity index (χ3v) is 2.76. The second kappa shape index (κ2) is 4.48. The third kappa shape index (κ3) is 2.60. The van der Waals surface area contributed by atoms with E-state index in [2.05, 4.69) is 26.2 Å². The zero-order valence-corrected chi connectivity index (χ0v) is 8.26. The van der Waals surface area contributed by atoms with Crippen molar-refractivity contribution >= 4 is 11.7 Å². The predicted octanol–water partition coefficient (Wildman–Crippen LogP) is 1.74. The van der Waals surface area contributed by atoms with E-state index in [9.17, 15) is 0 Å². The number of aromatic nitrogens is 2. The molecular formula is C9H13N3S. The third-order valence-electron chi connectivity index (χ3n) is 2.25. The molecule has 1 unspecified atom stereocenters. The van der Waals surface area contributed by atoms with Gasteiger partial charge in [-0.1, -0.05) is 12.2 Å². The van der Waals surface area contributed by atoms with Crippen LogP contribution in [-0.2, 0) is 6.54 Å². The first kappa shape index (κ1) is 8.84. The Kier molecular flexibility index (Phi) is 3.05. The van der Waals surface area contributed by atoms with Crippen LogP contribution in [0.4, 0.5) is 0 Å². The highest BCUT2D eigenvalue weighted by molar-refractivity contribution is 6.99. The Balaban J connectivity index is 1.76. The summed E-state index contributed by atoms with van der Waals surface area (Å²) in [7, 11) is 0. The van der Waals surface area contributed by atoms with E-state index < -0.39 is 0 Å². The molecule has 1 aromatic heterocycles. The minimum absolute atomic E-state index is 0.631. The maximum atomic E-state index is 4.15. The molecule has 4 heteroatoms. The Morgan fingerprint density at radius 1 is 1.54 bits per heavy atom. The first-order valence-electron chi connectivity index (χ1n) is 4.60. The molecule has 1 N–H and O–H groups in total. The van der Waals surface area contributed by atoms with Crippen molar-refractivity contribution in [3.8, 4) is 0 Å². The monoisotopic (exact) mass is 195 g/mol. The fraction of sp³-hybridized carbons (Fsp3) is 0.556. The highest BCUT2D eigenvalue weighted by atomic mass is 32.1. The van der Waals surface area contributed by atoms with Crippen molar-refractivity contribution in [3.05, 3.63) is 24.0 Å². The van der Waals surface area contributed by atoms with E-state index >= 15 is 0 Å². The molecule has 1 atom stereocenters. The lowest BCUT2D eigenvalue weighted by atomic mass is 10.0. The highest BCUT2D eigenvalue weighted by Gasteiger charge is 2.08. The number of nitrogens with one attached hydrogen (secondary N) is 1. The summed E-state index contributed by atoms with van der Waals surface area (Å²) in [5.41, 5.74) is 1.06. The molecular weight excluding hydrogens is 182 g/mol. The Labute approximate surface area is 82.2 Å². The summed E-state index contributed by atoms with van der Waals surface area (Å²) in [6.07, 6.45) is 9.93. The standard InChI is InChI=1S/C9H13N3S/c1-2-4-8(5-3-1)10-6-9-7-11-13-12-9/h1-2,7-8,10H,3-6H2. The van der Waals surface area contributed by atoms with Crippen LogP contribution in [0.15, 0.2) is 18.3 Å². The lowest BCUT2D eigenvalue weighted by Crippen LogP contribution is -2.29. The molecule has 0 amide bonds. The van der Waals surface area contributed by atoms with Gasteiger partial charge in [0.15, 0.2) is 0 Å². The lowest BCUT2D eigenvalue weighted by Gasteiger charge is -2.18. The van der Waals surface area contributed by atoms with E-state index in [-0.39, 0.29) is 0 Å². The molecule has 0 bridgehead atoms. The number of rotatable bonds is 3. The number of hydrogen-bond donors (Lipinski definition) is 1. The van der Waals surface area contributed by atoms with Crippen LogP contribution in [0.3, 0.4) is 0 Å². The molecule has 0 fully saturated rings. The summed E-state index contributed by atoms with van der Waals surface area (Å²) in [6, 6.07) is 0.631. The van der Waals surface area contributed by atoms with Crippen LogP contribution in [0.2, 0.25) is 0 Å². The van der Waals surface area contributed by atoms with E-state index in [1.54, 1.807) is 0 Å². The fourth-order valence-corrected chi connectivity index (χ4v) is 1.92. The smallest absolute Gasteiger partial charge is 0.0880 e. The van der Waals surface area contributed by atoms with Crippen molar-refractivity contribution in [1.29, 1.82) is 0 Å². The average molecular weight is 195 g/mol. The maximum absolute atomic E-state index is 4.15. The van der Waals surface area contributed by atoms with Gasteiger partial charge in [0.2, 0.25) is 0 Å². The van der Waals surface area contributed by atoms with Gasteiger partial charge < -0.3 is 5.32 Å². The Bertz CT molecular complexity index is 268. The number of hydrogen-bond acceptors (Lipinski definition) is 4. The van der Waals surface area contributed by atoms with Gasteiger partial charge in [-0.2, -0.15) is 8.75 Å². The molecule has 1 aliphatic rings. The Morgan fingerprint density at radius 2 is 2.54 bits per heavy atom. The van der Waals surface area contributed by atoms with Crippen molar-refractivity contribution < 1.29 is 0 Å². The van der Waals surface area contributed by atoms with Gasteiger partial charge in [-0.05, 0) is 19.3 Å². The summed E-state index contributed by atoms with van der Waals surface area (Å²) >= 11 is 1.27. The zero-order valence-electron chi connectivity index (χ0n) is 7.44. The van der Waals surface area contributed by atoms with E-state index in [1.807, 2.05) is 6.20 Å². The SMILES string of the molecule is C1=CCC(NCc2cnsn2)CC1. The molecule has 0 saturated carbocycles. The summed E-state index contributed by atoms with van der Waals surface area (Å²) < 4.78 is 8.11. The first-order valence-corrected chi connectivity index (χ1v) is 5.33. The summed E-state index contributed by atoms with van der Waals surface area (Å²) in [5, 5.41) is 3.48. The summed E-state index contributed by atoms with van der Waals surface area (Å²) in [6.45, 7) is 0.856. The fourth-order valence-electron chi connectivity index (χ4n) is 1.49. The van der Waals surface area contributed by atoms with Crippen molar-refractivity contribution in [1.82, 2.24) is 14.1 Å². The van der Waals surface area contributed by atoms with Crippen LogP contribution >= 0.6 is 11.7 Å². The first-order chi connectivity index (χ1) is 6.45. The van der Waals surface area contributed by atoms with Gasteiger partial charge in [0.25, 0.3) is 0 Å². The van der Waals surface area contributed by atoms with Crippen LogP contribution in [0.1, 0.15) is 25.0 Å². The highest BCUT2D eigenvalue weighted by Crippen LogP contribution is 2.10. The quantitative estimate of drug-likeness (QED) is 0.746. The second-order valence-corrected chi connectivity index (χ2v) is 3.82. The molecule has 0 saturated heterocycles. The molecule has 2 rings (SSSR count). The molecule has 13 heavy (non-hydrogen) atoms. The van der Waals surface area contributed by atoms with E-state index in [0.717, 1.165) is 18.7 Å². The van der Waals surface area contributed by atoms with Gasteiger partial charge in [0.1, 0.15) is 0 Å². The second-order valence-electron chi connectivity index (χ2n) is 3.26. The van der Waals surface area contributed by atoms with E-state index in [4.69, 9.17) is 0 Å². The van der Waals surface area contributed by atoms with Gasteiger partial charge in [-0.3, -0.25) is 0 Å². The molecule has 3 nitrogen and oxygen atoms in total. The molecule has 0 aromatic carbocycles. The Morgan fingerprint density at radius 3 is 3.23 bits per heavy atom. The maximum Gasteiger partial charge on any atom is 0.0880 e. The Hall–Kier alpha value is -0.740. The largest absolute Gasteiger partial charge is 0.308 e. The van der Waals surface area contributed by atoms with Crippen LogP contribution in [0.5, 0.6) is 0 Å².